The van der Waals surface area contributed by atoms with Crippen LogP contribution in [0, 0.1) is 0 Å². The number of carbonyl (C=O) groups excluding carboxylic acids is 1. The average Bonchev–Trinajstić information content (AvgIpc) is 2.48. The van der Waals surface area contributed by atoms with Crippen LogP contribution < -0.4 is 16.0 Å². The van der Waals surface area contributed by atoms with Crippen LogP contribution in [0.2, 0.25) is 5.02 Å². The molecule has 4 nitrogen and oxygen atoms in total. The Labute approximate surface area is 128 Å². The fourth-order valence-corrected chi connectivity index (χ4v) is 2.68. The minimum atomic E-state index is -0.136. The Balaban J connectivity index is 1.81. The molecule has 1 aliphatic rings. The van der Waals surface area contributed by atoms with Crippen molar-refractivity contribution in [3.63, 3.8) is 0 Å². The minimum absolute atomic E-state index is 0.136. The fraction of sp³-hybridized carbons (Fsp3) is 0.188. The number of urea groups is 1. The lowest BCUT2D eigenvalue weighted by molar-refractivity contribution is 0.256. The summed E-state index contributed by atoms with van der Waals surface area (Å²) in [7, 11) is 0. The van der Waals surface area contributed by atoms with Crippen molar-refractivity contribution >= 4 is 34.7 Å². The van der Waals surface area contributed by atoms with Crippen molar-refractivity contribution in [1.82, 2.24) is 0 Å². The molecule has 0 atom stereocenters. The SMILES string of the molecule is Nc1ccc2c(c1)CCCN2C(=O)Nc1ccc(Cl)cc1. The number of hydrogen-bond donors (Lipinski definition) is 2. The van der Waals surface area contributed by atoms with E-state index in [1.54, 1.807) is 29.2 Å². The predicted molar refractivity (Wildman–Crippen MR) is 87.0 cm³/mol. The fourth-order valence-electron chi connectivity index (χ4n) is 2.55. The van der Waals surface area contributed by atoms with Gasteiger partial charge in [-0.15, -0.1) is 0 Å². The number of rotatable bonds is 1. The molecule has 2 aromatic carbocycles. The third-order valence-electron chi connectivity index (χ3n) is 3.56. The standard InChI is InChI=1S/C16H16ClN3O/c17-12-3-6-14(7-4-12)19-16(21)20-9-1-2-11-10-13(18)5-8-15(11)20/h3-8,10H,1-2,9,18H2,(H,19,21). The first-order valence-electron chi connectivity index (χ1n) is 6.86. The molecule has 3 N–H and O–H groups in total. The summed E-state index contributed by atoms with van der Waals surface area (Å²) in [6, 6.07) is 12.6. The molecule has 0 bridgehead atoms. The number of nitrogens with two attached hydrogens (primary N) is 1. The molecule has 21 heavy (non-hydrogen) atoms. The van der Waals surface area contributed by atoms with Gasteiger partial charge in [0.1, 0.15) is 0 Å². The second kappa shape index (κ2) is 5.66. The number of nitrogens with zero attached hydrogens (tertiary/aromatic N) is 1. The molecule has 0 fully saturated rings. The van der Waals surface area contributed by atoms with Crippen molar-refractivity contribution in [2.45, 2.75) is 12.8 Å². The van der Waals surface area contributed by atoms with Gasteiger partial charge in [0.2, 0.25) is 0 Å². The third-order valence-corrected chi connectivity index (χ3v) is 3.81. The van der Waals surface area contributed by atoms with E-state index in [2.05, 4.69) is 5.32 Å². The molecular formula is C16H16ClN3O. The van der Waals surface area contributed by atoms with Crippen molar-refractivity contribution in [1.29, 1.82) is 0 Å². The molecule has 0 saturated heterocycles. The molecular weight excluding hydrogens is 286 g/mol. The molecule has 0 aliphatic carbocycles. The summed E-state index contributed by atoms with van der Waals surface area (Å²) >= 11 is 5.84. The maximum absolute atomic E-state index is 12.5. The first-order chi connectivity index (χ1) is 10.1. The van der Waals surface area contributed by atoms with Crippen LogP contribution in [0.5, 0.6) is 0 Å². The van der Waals surface area contributed by atoms with Crippen LogP contribution in [0.25, 0.3) is 0 Å². The van der Waals surface area contributed by atoms with Gasteiger partial charge < -0.3 is 11.1 Å². The summed E-state index contributed by atoms with van der Waals surface area (Å²) in [5, 5.41) is 3.54. The van der Waals surface area contributed by atoms with E-state index in [0.29, 0.717) is 11.6 Å². The van der Waals surface area contributed by atoms with Crippen LogP contribution in [0.3, 0.4) is 0 Å². The first-order valence-corrected chi connectivity index (χ1v) is 7.24. The maximum Gasteiger partial charge on any atom is 0.326 e. The summed E-state index contributed by atoms with van der Waals surface area (Å²) in [4.78, 5) is 14.2. The average molecular weight is 302 g/mol. The Morgan fingerprint density at radius 2 is 1.95 bits per heavy atom. The lowest BCUT2D eigenvalue weighted by atomic mass is 10.0. The zero-order valence-corrected chi connectivity index (χ0v) is 12.2. The highest BCUT2D eigenvalue weighted by Crippen LogP contribution is 2.29. The van der Waals surface area contributed by atoms with Gasteiger partial charge in [0.05, 0.1) is 0 Å². The van der Waals surface area contributed by atoms with E-state index in [4.69, 9.17) is 17.3 Å². The number of nitrogen functional groups attached to an aromatic ring is 1. The molecule has 1 heterocycles. The van der Waals surface area contributed by atoms with Gasteiger partial charge in [0, 0.05) is 28.6 Å². The molecule has 0 aromatic heterocycles. The number of amides is 2. The molecule has 0 unspecified atom stereocenters. The van der Waals surface area contributed by atoms with Crippen molar-refractivity contribution in [2.75, 3.05) is 22.5 Å². The highest BCUT2D eigenvalue weighted by molar-refractivity contribution is 6.30. The molecule has 0 saturated carbocycles. The summed E-state index contributed by atoms with van der Waals surface area (Å²) in [6.45, 7) is 0.705. The van der Waals surface area contributed by atoms with E-state index in [0.717, 1.165) is 35.5 Å². The van der Waals surface area contributed by atoms with Crippen LogP contribution >= 0.6 is 11.6 Å². The number of hydrogen-bond acceptors (Lipinski definition) is 2. The summed E-state index contributed by atoms with van der Waals surface area (Å²) in [5.74, 6) is 0. The molecule has 2 amide bonds. The van der Waals surface area contributed by atoms with E-state index >= 15 is 0 Å². The Morgan fingerprint density at radius 1 is 1.19 bits per heavy atom. The second-order valence-electron chi connectivity index (χ2n) is 5.08. The van der Waals surface area contributed by atoms with Gasteiger partial charge in [-0.3, -0.25) is 4.90 Å². The van der Waals surface area contributed by atoms with E-state index in [-0.39, 0.29) is 6.03 Å². The predicted octanol–water partition coefficient (Wildman–Crippen LogP) is 3.91. The topological polar surface area (TPSA) is 58.4 Å². The smallest absolute Gasteiger partial charge is 0.326 e. The Morgan fingerprint density at radius 3 is 2.71 bits per heavy atom. The van der Waals surface area contributed by atoms with Crippen LogP contribution in [0.15, 0.2) is 42.5 Å². The summed E-state index contributed by atoms with van der Waals surface area (Å²) in [6.07, 6.45) is 1.88. The van der Waals surface area contributed by atoms with E-state index in [9.17, 15) is 4.79 Å². The molecule has 5 heteroatoms. The van der Waals surface area contributed by atoms with Gasteiger partial charge in [-0.2, -0.15) is 0 Å². The molecule has 2 aromatic rings. The number of benzene rings is 2. The number of carbonyl (C=O) groups is 1. The Kier molecular flexibility index (Phi) is 3.71. The van der Waals surface area contributed by atoms with E-state index in [1.807, 2.05) is 18.2 Å². The lowest BCUT2D eigenvalue weighted by Gasteiger charge is -2.29. The zero-order chi connectivity index (χ0) is 14.8. The number of fused-ring (bicyclic) bond motifs is 1. The van der Waals surface area contributed by atoms with Crippen molar-refractivity contribution in [3.8, 4) is 0 Å². The molecule has 3 rings (SSSR count). The molecule has 0 spiro atoms. The minimum Gasteiger partial charge on any atom is -0.399 e. The van der Waals surface area contributed by atoms with Gasteiger partial charge in [-0.05, 0) is 60.9 Å². The number of aryl methyl sites for hydroxylation is 1. The van der Waals surface area contributed by atoms with Gasteiger partial charge in [-0.25, -0.2) is 4.79 Å². The van der Waals surface area contributed by atoms with E-state index < -0.39 is 0 Å². The van der Waals surface area contributed by atoms with Crippen LogP contribution in [-0.2, 0) is 6.42 Å². The van der Waals surface area contributed by atoms with Crippen molar-refractivity contribution in [3.05, 3.63) is 53.1 Å². The van der Waals surface area contributed by atoms with Crippen LogP contribution in [0.1, 0.15) is 12.0 Å². The first kappa shape index (κ1) is 13.8. The highest BCUT2D eigenvalue weighted by Gasteiger charge is 2.22. The normalized spacial score (nSPS) is 13.7. The third kappa shape index (κ3) is 2.95. The van der Waals surface area contributed by atoms with E-state index in [1.165, 1.54) is 0 Å². The highest BCUT2D eigenvalue weighted by atomic mass is 35.5. The number of halogens is 1. The Bertz CT molecular complexity index is 670. The van der Waals surface area contributed by atoms with Gasteiger partial charge >= 0.3 is 6.03 Å². The van der Waals surface area contributed by atoms with Gasteiger partial charge in [0.25, 0.3) is 0 Å². The maximum atomic E-state index is 12.5. The largest absolute Gasteiger partial charge is 0.399 e. The second-order valence-corrected chi connectivity index (χ2v) is 5.52. The molecule has 1 aliphatic heterocycles. The van der Waals surface area contributed by atoms with Gasteiger partial charge in [-0.1, -0.05) is 11.6 Å². The summed E-state index contributed by atoms with van der Waals surface area (Å²) in [5.41, 5.74) is 9.32. The summed E-state index contributed by atoms with van der Waals surface area (Å²) < 4.78 is 0. The lowest BCUT2D eigenvalue weighted by Crippen LogP contribution is -2.38. The van der Waals surface area contributed by atoms with Gasteiger partial charge in [0.15, 0.2) is 0 Å². The molecule has 0 radical (unpaired) electrons. The molecule has 108 valence electrons. The monoisotopic (exact) mass is 301 g/mol. The van der Waals surface area contributed by atoms with Crippen molar-refractivity contribution in [2.24, 2.45) is 0 Å². The number of anilines is 3. The van der Waals surface area contributed by atoms with Crippen LogP contribution in [0.4, 0.5) is 21.9 Å². The zero-order valence-electron chi connectivity index (χ0n) is 11.5. The Hall–Kier alpha value is -2.20. The van der Waals surface area contributed by atoms with Crippen molar-refractivity contribution < 1.29 is 4.79 Å². The van der Waals surface area contributed by atoms with Crippen LogP contribution in [-0.4, -0.2) is 12.6 Å². The quantitative estimate of drug-likeness (QED) is 0.785. The number of nitrogens with one attached hydrogen (secondary N) is 1.